The molecule has 0 unspecified atom stereocenters. The van der Waals surface area contributed by atoms with Crippen LogP contribution in [0.4, 0.5) is 5.69 Å². The van der Waals surface area contributed by atoms with Gasteiger partial charge < -0.3 is 15.7 Å². The maximum absolute atomic E-state index is 11.9. The first-order valence-electron chi connectivity index (χ1n) is 5.72. The number of hydrogen-bond acceptors (Lipinski definition) is 4. The molecule has 0 bridgehead atoms. The molecule has 0 aliphatic rings. The first-order chi connectivity index (χ1) is 9.42. The average molecular weight is 275 g/mol. The van der Waals surface area contributed by atoms with E-state index in [4.69, 9.17) is 10.4 Å². The largest absolute Gasteiger partial charge is 0.481 e. The second kappa shape index (κ2) is 6.89. The minimum atomic E-state index is -1.20. The SMILES string of the molecule is CC(=O)N[C@@H](CC(=O)O)C(=O)Nc1ccc(C#N)cc1. The summed E-state index contributed by atoms with van der Waals surface area (Å²) in [6.07, 6.45) is -0.512. The van der Waals surface area contributed by atoms with Gasteiger partial charge in [0.05, 0.1) is 18.1 Å². The van der Waals surface area contributed by atoms with E-state index in [1.807, 2.05) is 6.07 Å². The molecule has 0 aliphatic heterocycles. The van der Waals surface area contributed by atoms with Gasteiger partial charge in [-0.2, -0.15) is 5.26 Å². The van der Waals surface area contributed by atoms with Crippen molar-refractivity contribution in [3.8, 4) is 6.07 Å². The van der Waals surface area contributed by atoms with E-state index in [0.717, 1.165) is 0 Å². The van der Waals surface area contributed by atoms with E-state index >= 15 is 0 Å². The molecule has 0 radical (unpaired) electrons. The molecular formula is C13H13N3O4. The van der Waals surface area contributed by atoms with Crippen LogP contribution >= 0.6 is 0 Å². The molecule has 1 rings (SSSR count). The third kappa shape index (κ3) is 4.78. The maximum Gasteiger partial charge on any atom is 0.305 e. The topological polar surface area (TPSA) is 119 Å². The van der Waals surface area contributed by atoms with Crippen molar-refractivity contribution in [1.29, 1.82) is 5.26 Å². The summed E-state index contributed by atoms with van der Waals surface area (Å²) in [5, 5.41) is 22.1. The van der Waals surface area contributed by atoms with Crippen LogP contribution in [0.1, 0.15) is 18.9 Å². The molecule has 0 heterocycles. The van der Waals surface area contributed by atoms with Crippen LogP contribution in [0.5, 0.6) is 0 Å². The van der Waals surface area contributed by atoms with Gasteiger partial charge in [-0.3, -0.25) is 14.4 Å². The number of nitrogens with zero attached hydrogens (tertiary/aromatic N) is 1. The van der Waals surface area contributed by atoms with Crippen LogP contribution in [-0.2, 0) is 14.4 Å². The number of nitriles is 1. The third-order valence-corrected chi connectivity index (χ3v) is 2.35. The lowest BCUT2D eigenvalue weighted by Gasteiger charge is -2.15. The predicted molar refractivity (Wildman–Crippen MR) is 69.6 cm³/mol. The van der Waals surface area contributed by atoms with E-state index in [0.29, 0.717) is 11.3 Å². The van der Waals surface area contributed by atoms with Gasteiger partial charge in [-0.05, 0) is 24.3 Å². The van der Waals surface area contributed by atoms with E-state index in [1.165, 1.54) is 31.2 Å². The van der Waals surface area contributed by atoms with E-state index in [9.17, 15) is 14.4 Å². The Labute approximate surface area is 115 Å². The second-order valence-corrected chi connectivity index (χ2v) is 4.03. The average Bonchev–Trinajstić information content (AvgIpc) is 2.37. The lowest BCUT2D eigenvalue weighted by Crippen LogP contribution is -2.44. The molecule has 104 valence electrons. The molecule has 3 N–H and O–H groups in total. The number of amides is 2. The Hall–Kier alpha value is -2.88. The zero-order valence-corrected chi connectivity index (χ0v) is 10.7. The normalized spacial score (nSPS) is 11.0. The minimum Gasteiger partial charge on any atom is -0.481 e. The minimum absolute atomic E-state index is 0.412. The van der Waals surface area contributed by atoms with Gasteiger partial charge in [0.25, 0.3) is 0 Å². The van der Waals surface area contributed by atoms with Crippen LogP contribution in [0.25, 0.3) is 0 Å². The van der Waals surface area contributed by atoms with Crippen molar-refractivity contribution in [2.45, 2.75) is 19.4 Å². The van der Waals surface area contributed by atoms with E-state index in [1.54, 1.807) is 0 Å². The maximum atomic E-state index is 11.9. The van der Waals surface area contributed by atoms with Crippen LogP contribution < -0.4 is 10.6 Å². The standard InChI is InChI=1S/C13H13N3O4/c1-8(17)15-11(6-12(18)19)13(20)16-10-4-2-9(7-14)3-5-10/h2-5,11H,6H2,1H3,(H,15,17)(H,16,20)(H,18,19)/t11-/m0/s1. The van der Waals surface area contributed by atoms with Crippen LogP contribution in [-0.4, -0.2) is 28.9 Å². The fraction of sp³-hybridized carbons (Fsp3) is 0.231. The number of nitrogens with one attached hydrogen (secondary N) is 2. The Kier molecular flexibility index (Phi) is 5.23. The molecule has 0 fully saturated rings. The van der Waals surface area contributed by atoms with Crippen LogP contribution in [0, 0.1) is 11.3 Å². The molecule has 0 aromatic heterocycles. The number of carboxylic acids is 1. The molecule has 2 amide bonds. The monoisotopic (exact) mass is 275 g/mol. The van der Waals surface area contributed by atoms with Gasteiger partial charge in [0.2, 0.25) is 11.8 Å². The molecule has 0 spiro atoms. The van der Waals surface area contributed by atoms with Crippen LogP contribution in [0.3, 0.4) is 0 Å². The van der Waals surface area contributed by atoms with Gasteiger partial charge in [0.1, 0.15) is 6.04 Å². The molecule has 7 heteroatoms. The Balaban J connectivity index is 2.76. The number of carboxylic acid groups (broad SMARTS) is 1. The number of aliphatic carboxylic acids is 1. The zero-order chi connectivity index (χ0) is 15.1. The van der Waals surface area contributed by atoms with Crippen molar-refractivity contribution in [2.24, 2.45) is 0 Å². The van der Waals surface area contributed by atoms with Gasteiger partial charge >= 0.3 is 5.97 Å². The molecule has 0 aliphatic carbocycles. The van der Waals surface area contributed by atoms with Crippen molar-refractivity contribution in [3.63, 3.8) is 0 Å². The summed E-state index contributed by atoms with van der Waals surface area (Å²) in [6, 6.07) is 6.84. The molecule has 7 nitrogen and oxygen atoms in total. The van der Waals surface area contributed by atoms with Gasteiger partial charge in [-0.25, -0.2) is 0 Å². The molecule has 1 atom stereocenters. The van der Waals surface area contributed by atoms with Crippen LogP contribution in [0.2, 0.25) is 0 Å². The Morgan fingerprint density at radius 2 is 1.90 bits per heavy atom. The Morgan fingerprint density at radius 1 is 1.30 bits per heavy atom. The van der Waals surface area contributed by atoms with E-state index < -0.39 is 30.2 Å². The van der Waals surface area contributed by atoms with E-state index in [2.05, 4.69) is 10.6 Å². The predicted octanol–water partition coefficient (Wildman–Crippen LogP) is 0.476. The summed E-state index contributed by atoms with van der Waals surface area (Å²) in [6.45, 7) is 1.20. The lowest BCUT2D eigenvalue weighted by molar-refractivity contribution is -0.139. The van der Waals surface area contributed by atoms with Gasteiger partial charge in [-0.15, -0.1) is 0 Å². The molecule has 1 aromatic rings. The summed E-state index contributed by atoms with van der Waals surface area (Å²) in [5.74, 6) is -2.32. The number of carbonyl (C=O) groups excluding carboxylic acids is 2. The fourth-order valence-corrected chi connectivity index (χ4v) is 1.49. The summed E-state index contributed by atoms with van der Waals surface area (Å²) in [4.78, 5) is 33.5. The molecule has 0 saturated heterocycles. The Bertz CT molecular complexity index is 544. The van der Waals surface area contributed by atoms with Gasteiger partial charge in [-0.1, -0.05) is 0 Å². The summed E-state index contributed by atoms with van der Waals surface area (Å²) >= 11 is 0. The highest BCUT2D eigenvalue weighted by molar-refractivity contribution is 5.98. The first kappa shape index (κ1) is 15.2. The van der Waals surface area contributed by atoms with Crippen molar-refractivity contribution in [2.75, 3.05) is 5.32 Å². The molecule has 20 heavy (non-hydrogen) atoms. The summed E-state index contributed by atoms with van der Waals surface area (Å²) in [7, 11) is 0. The first-order valence-corrected chi connectivity index (χ1v) is 5.72. The highest BCUT2D eigenvalue weighted by Gasteiger charge is 2.22. The number of carbonyl (C=O) groups is 3. The van der Waals surface area contributed by atoms with Crippen molar-refractivity contribution in [3.05, 3.63) is 29.8 Å². The fourth-order valence-electron chi connectivity index (χ4n) is 1.49. The summed E-state index contributed by atoms with van der Waals surface area (Å²) < 4.78 is 0. The summed E-state index contributed by atoms with van der Waals surface area (Å²) in [5.41, 5.74) is 0.849. The Morgan fingerprint density at radius 3 is 2.35 bits per heavy atom. The van der Waals surface area contributed by atoms with Gasteiger partial charge in [0.15, 0.2) is 0 Å². The van der Waals surface area contributed by atoms with Crippen molar-refractivity contribution < 1.29 is 19.5 Å². The second-order valence-electron chi connectivity index (χ2n) is 4.03. The molecular weight excluding hydrogens is 262 g/mol. The highest BCUT2D eigenvalue weighted by Crippen LogP contribution is 2.09. The van der Waals surface area contributed by atoms with Crippen molar-refractivity contribution in [1.82, 2.24) is 5.32 Å². The number of rotatable bonds is 5. The van der Waals surface area contributed by atoms with E-state index in [-0.39, 0.29) is 0 Å². The zero-order valence-electron chi connectivity index (χ0n) is 10.7. The number of anilines is 1. The van der Waals surface area contributed by atoms with Gasteiger partial charge in [0, 0.05) is 12.6 Å². The van der Waals surface area contributed by atoms with Crippen molar-refractivity contribution >= 4 is 23.5 Å². The quantitative estimate of drug-likeness (QED) is 0.721. The number of benzene rings is 1. The molecule has 1 aromatic carbocycles. The highest BCUT2D eigenvalue weighted by atomic mass is 16.4. The number of hydrogen-bond donors (Lipinski definition) is 3. The lowest BCUT2D eigenvalue weighted by atomic mass is 10.1. The van der Waals surface area contributed by atoms with Crippen LogP contribution in [0.15, 0.2) is 24.3 Å². The molecule has 0 saturated carbocycles. The smallest absolute Gasteiger partial charge is 0.305 e. The third-order valence-electron chi connectivity index (χ3n) is 2.35.